The average Bonchev–Trinajstić information content (AvgIpc) is 1.97. The van der Waals surface area contributed by atoms with Gasteiger partial charge in [0.25, 0.3) is 0 Å². The molecule has 0 atom stereocenters. The summed E-state index contributed by atoms with van der Waals surface area (Å²) in [6.45, 7) is 0. The maximum absolute atomic E-state index is 5.51. The van der Waals surface area contributed by atoms with E-state index in [1.807, 2.05) is 11.8 Å². The highest BCUT2D eigenvalue weighted by Crippen LogP contribution is 2.06. The number of halogens is 2. The van der Waals surface area contributed by atoms with E-state index in [4.69, 9.17) is 23.2 Å². The standard InChI is InChI=1S/C7H14Cl2S/c8-4-2-1-3-6-10-7-5-9/h1-7H2. The Morgan fingerprint density at radius 1 is 0.800 bits per heavy atom. The van der Waals surface area contributed by atoms with Crippen LogP contribution in [0.15, 0.2) is 0 Å². The topological polar surface area (TPSA) is 0 Å². The van der Waals surface area contributed by atoms with Crippen molar-refractivity contribution in [2.24, 2.45) is 0 Å². The van der Waals surface area contributed by atoms with E-state index < -0.39 is 0 Å². The molecule has 10 heavy (non-hydrogen) atoms. The van der Waals surface area contributed by atoms with Gasteiger partial charge in [0.1, 0.15) is 0 Å². The second kappa shape index (κ2) is 9.93. The summed E-state index contributed by atoms with van der Waals surface area (Å²) in [6.07, 6.45) is 3.70. The second-order valence-corrected chi connectivity index (χ2v) is 4.03. The smallest absolute Gasteiger partial charge is 0.0314 e. The number of rotatable bonds is 7. The molecule has 0 radical (unpaired) electrons. The van der Waals surface area contributed by atoms with Crippen molar-refractivity contribution >= 4 is 35.0 Å². The minimum atomic E-state index is 0.778. The first-order valence-electron chi connectivity index (χ1n) is 3.61. The van der Waals surface area contributed by atoms with Crippen LogP contribution in [0.25, 0.3) is 0 Å². The Labute approximate surface area is 77.7 Å². The molecule has 0 aromatic heterocycles. The van der Waals surface area contributed by atoms with E-state index in [9.17, 15) is 0 Å². The van der Waals surface area contributed by atoms with Gasteiger partial charge in [-0.25, -0.2) is 0 Å². The van der Waals surface area contributed by atoms with Gasteiger partial charge in [-0.1, -0.05) is 6.42 Å². The van der Waals surface area contributed by atoms with Crippen LogP contribution in [0, 0.1) is 0 Å². The fraction of sp³-hybridized carbons (Fsp3) is 1.00. The molecule has 0 aromatic rings. The molecule has 3 heteroatoms. The molecule has 0 aliphatic carbocycles. The SMILES string of the molecule is ClCCCCCSCCCl. The fourth-order valence-electron chi connectivity index (χ4n) is 0.632. The van der Waals surface area contributed by atoms with Gasteiger partial charge in [0, 0.05) is 17.5 Å². The molecule has 0 amide bonds. The molecular formula is C7H14Cl2S. The van der Waals surface area contributed by atoms with Crippen molar-refractivity contribution in [2.75, 3.05) is 23.3 Å². The lowest BCUT2D eigenvalue weighted by molar-refractivity contribution is 0.783. The zero-order chi connectivity index (χ0) is 7.66. The van der Waals surface area contributed by atoms with E-state index in [0.717, 1.165) is 23.9 Å². The van der Waals surface area contributed by atoms with Gasteiger partial charge in [-0.05, 0) is 18.6 Å². The molecule has 0 spiro atoms. The van der Waals surface area contributed by atoms with Crippen LogP contribution < -0.4 is 0 Å². The van der Waals surface area contributed by atoms with Gasteiger partial charge in [-0.3, -0.25) is 0 Å². The third-order valence-electron chi connectivity index (χ3n) is 1.14. The summed E-state index contributed by atoms with van der Waals surface area (Å²) in [7, 11) is 0. The third kappa shape index (κ3) is 8.93. The molecule has 0 heterocycles. The van der Waals surface area contributed by atoms with E-state index in [-0.39, 0.29) is 0 Å². The van der Waals surface area contributed by atoms with Gasteiger partial charge in [0.05, 0.1) is 0 Å². The summed E-state index contributed by atoms with van der Waals surface area (Å²) in [6, 6.07) is 0. The molecule has 0 nitrogen and oxygen atoms in total. The maximum atomic E-state index is 5.51. The molecule has 0 aliphatic rings. The largest absolute Gasteiger partial charge is 0.161 e. The third-order valence-corrected chi connectivity index (χ3v) is 2.89. The summed E-state index contributed by atoms with van der Waals surface area (Å²) < 4.78 is 0. The van der Waals surface area contributed by atoms with Crippen molar-refractivity contribution in [3.05, 3.63) is 0 Å². The van der Waals surface area contributed by atoms with Gasteiger partial charge >= 0.3 is 0 Å². The van der Waals surface area contributed by atoms with Gasteiger partial charge in [0.2, 0.25) is 0 Å². The summed E-state index contributed by atoms with van der Waals surface area (Å²) in [5.74, 6) is 3.91. The van der Waals surface area contributed by atoms with Gasteiger partial charge in [0.15, 0.2) is 0 Å². The first-order chi connectivity index (χ1) is 4.91. The van der Waals surface area contributed by atoms with Crippen LogP contribution in [0.4, 0.5) is 0 Å². The van der Waals surface area contributed by atoms with Crippen molar-refractivity contribution < 1.29 is 0 Å². The maximum Gasteiger partial charge on any atom is 0.0314 e. The predicted octanol–water partition coefficient (Wildman–Crippen LogP) is 3.37. The lowest BCUT2D eigenvalue weighted by Gasteiger charge is -1.96. The molecule has 0 aromatic carbocycles. The Morgan fingerprint density at radius 3 is 2.20 bits per heavy atom. The van der Waals surface area contributed by atoms with E-state index >= 15 is 0 Å². The highest BCUT2D eigenvalue weighted by atomic mass is 35.5. The van der Waals surface area contributed by atoms with Crippen LogP contribution in [0.3, 0.4) is 0 Å². The predicted molar refractivity (Wildman–Crippen MR) is 52.6 cm³/mol. The summed E-state index contributed by atoms with van der Waals surface area (Å²) in [5.41, 5.74) is 0. The van der Waals surface area contributed by atoms with E-state index in [1.165, 1.54) is 18.6 Å². The minimum Gasteiger partial charge on any atom is -0.161 e. The number of thioether (sulfide) groups is 1. The summed E-state index contributed by atoms with van der Waals surface area (Å²) in [5, 5.41) is 0. The molecule has 0 unspecified atom stereocenters. The van der Waals surface area contributed by atoms with Crippen molar-refractivity contribution in [1.82, 2.24) is 0 Å². The van der Waals surface area contributed by atoms with E-state index in [2.05, 4.69) is 0 Å². The average molecular weight is 201 g/mol. The normalized spacial score (nSPS) is 10.2. The molecule has 0 fully saturated rings. The van der Waals surface area contributed by atoms with Crippen LogP contribution in [-0.2, 0) is 0 Å². The second-order valence-electron chi connectivity index (χ2n) is 2.05. The minimum absolute atomic E-state index is 0.778. The van der Waals surface area contributed by atoms with Gasteiger partial charge in [-0.15, -0.1) is 23.2 Å². The van der Waals surface area contributed by atoms with Gasteiger partial charge in [-0.2, -0.15) is 11.8 Å². The number of unbranched alkanes of at least 4 members (excludes halogenated alkanes) is 2. The zero-order valence-corrected chi connectivity index (χ0v) is 8.44. The monoisotopic (exact) mass is 200 g/mol. The van der Waals surface area contributed by atoms with Crippen molar-refractivity contribution in [3.8, 4) is 0 Å². The first-order valence-corrected chi connectivity index (χ1v) is 5.84. The zero-order valence-electron chi connectivity index (χ0n) is 6.11. The summed E-state index contributed by atoms with van der Waals surface area (Å²) >= 11 is 12.9. The molecular weight excluding hydrogens is 187 g/mol. The van der Waals surface area contributed by atoms with Crippen molar-refractivity contribution in [2.45, 2.75) is 19.3 Å². The van der Waals surface area contributed by atoms with Crippen LogP contribution in [-0.4, -0.2) is 23.3 Å². The van der Waals surface area contributed by atoms with Crippen LogP contribution >= 0.6 is 35.0 Å². The molecule has 0 saturated heterocycles. The quantitative estimate of drug-likeness (QED) is 0.449. The number of hydrogen-bond acceptors (Lipinski definition) is 1. The molecule has 0 rings (SSSR count). The highest BCUT2D eigenvalue weighted by molar-refractivity contribution is 7.99. The Hall–Kier alpha value is 0.930. The molecule has 0 aliphatic heterocycles. The Balaban J connectivity index is 2.65. The number of hydrogen-bond donors (Lipinski definition) is 0. The fourth-order valence-corrected chi connectivity index (χ4v) is 1.87. The lowest BCUT2D eigenvalue weighted by Crippen LogP contribution is -1.85. The molecule has 0 N–H and O–H groups in total. The van der Waals surface area contributed by atoms with Gasteiger partial charge < -0.3 is 0 Å². The number of alkyl halides is 2. The summed E-state index contributed by atoms with van der Waals surface area (Å²) in [4.78, 5) is 0. The molecule has 0 saturated carbocycles. The Kier molecular flexibility index (Phi) is 10.9. The van der Waals surface area contributed by atoms with Crippen LogP contribution in [0.1, 0.15) is 19.3 Å². The molecule has 62 valence electrons. The highest BCUT2D eigenvalue weighted by Gasteiger charge is 1.88. The lowest BCUT2D eigenvalue weighted by atomic mass is 10.3. The first kappa shape index (κ1) is 10.9. The Bertz CT molecular complexity index is 51.6. The van der Waals surface area contributed by atoms with Crippen molar-refractivity contribution in [1.29, 1.82) is 0 Å². The molecule has 0 bridgehead atoms. The van der Waals surface area contributed by atoms with Crippen LogP contribution in [0.5, 0.6) is 0 Å². The van der Waals surface area contributed by atoms with E-state index in [1.54, 1.807) is 0 Å². The van der Waals surface area contributed by atoms with Crippen LogP contribution in [0.2, 0.25) is 0 Å². The van der Waals surface area contributed by atoms with Crippen molar-refractivity contribution in [3.63, 3.8) is 0 Å². The van der Waals surface area contributed by atoms with E-state index in [0.29, 0.717) is 0 Å². The Morgan fingerprint density at radius 2 is 1.60 bits per heavy atom.